The van der Waals surface area contributed by atoms with Crippen LogP contribution in [0.25, 0.3) is 33.6 Å². The van der Waals surface area contributed by atoms with E-state index in [1.807, 2.05) is 55.5 Å². The normalized spacial score (nSPS) is 19.8. The molecule has 2 aliphatic rings. The van der Waals surface area contributed by atoms with E-state index in [4.69, 9.17) is 10.7 Å². The Morgan fingerprint density at radius 1 is 1.20 bits per heavy atom. The maximum absolute atomic E-state index is 13.4. The number of hydrogen-bond donors (Lipinski definition) is 3. The number of pyridine rings is 1. The first-order valence-corrected chi connectivity index (χ1v) is 14.0. The molecule has 4 heterocycles. The van der Waals surface area contributed by atoms with Crippen LogP contribution < -0.4 is 11.1 Å². The highest BCUT2D eigenvalue weighted by Crippen LogP contribution is 2.35. The minimum absolute atomic E-state index is 0.0730. The number of aromatic nitrogens is 4. The van der Waals surface area contributed by atoms with Crippen molar-refractivity contribution in [3.63, 3.8) is 0 Å². The average molecular weight is 541 g/mol. The monoisotopic (exact) mass is 540 g/mol. The van der Waals surface area contributed by atoms with Crippen LogP contribution in [0.15, 0.2) is 54.7 Å². The van der Waals surface area contributed by atoms with Crippen molar-refractivity contribution in [2.75, 3.05) is 33.7 Å². The van der Waals surface area contributed by atoms with Crippen molar-refractivity contribution in [1.29, 1.82) is 0 Å². The molecule has 1 saturated heterocycles. The van der Waals surface area contributed by atoms with Crippen LogP contribution in [0.4, 0.5) is 0 Å². The second-order valence-electron chi connectivity index (χ2n) is 11.3. The number of rotatable bonds is 8. The van der Waals surface area contributed by atoms with Crippen molar-refractivity contribution >= 4 is 33.9 Å². The first-order valence-electron chi connectivity index (χ1n) is 14.0. The quantitative estimate of drug-likeness (QED) is 0.295. The van der Waals surface area contributed by atoms with Gasteiger partial charge in [0, 0.05) is 61.5 Å². The second kappa shape index (κ2) is 10.9. The van der Waals surface area contributed by atoms with Crippen LogP contribution in [0.5, 0.6) is 0 Å². The third-order valence-electron chi connectivity index (χ3n) is 7.78. The van der Waals surface area contributed by atoms with Crippen LogP contribution in [-0.2, 0) is 11.3 Å². The molecule has 0 radical (unpaired) electrons. The number of nitrogens with one attached hydrogen (secondary N) is 2. The summed E-state index contributed by atoms with van der Waals surface area (Å²) in [6, 6.07) is 11.2. The Morgan fingerprint density at radius 2 is 2.05 bits per heavy atom. The molecule has 208 valence electrons. The number of amides is 2. The van der Waals surface area contributed by atoms with E-state index in [0.29, 0.717) is 37.5 Å². The number of hydrogen-bond acceptors (Lipinski definition) is 6. The zero-order chi connectivity index (χ0) is 27.8. The number of piperidine rings is 1. The molecular weight excluding hydrogens is 504 g/mol. The Kier molecular flexibility index (Phi) is 7.12. The van der Waals surface area contributed by atoms with Gasteiger partial charge in [-0.05, 0) is 75.7 Å². The van der Waals surface area contributed by atoms with Gasteiger partial charge >= 0.3 is 0 Å². The summed E-state index contributed by atoms with van der Waals surface area (Å²) in [6.45, 7) is 2.53. The lowest BCUT2D eigenvalue weighted by molar-refractivity contribution is -0.117. The molecule has 1 aliphatic heterocycles. The van der Waals surface area contributed by atoms with Crippen LogP contribution in [-0.4, -0.2) is 86.9 Å². The van der Waals surface area contributed by atoms with E-state index in [2.05, 4.69) is 32.0 Å². The number of aromatic amines is 1. The van der Waals surface area contributed by atoms with Crippen LogP contribution >= 0.6 is 0 Å². The maximum Gasteiger partial charge on any atom is 0.253 e. The number of fused-ring (bicyclic) bond motifs is 2. The van der Waals surface area contributed by atoms with E-state index >= 15 is 0 Å². The van der Waals surface area contributed by atoms with Gasteiger partial charge in [0.2, 0.25) is 5.91 Å². The number of nitrogens with two attached hydrogens (primary N) is 1. The molecule has 6 rings (SSSR count). The summed E-state index contributed by atoms with van der Waals surface area (Å²) in [6.07, 6.45) is 8.30. The molecule has 4 aromatic rings. The molecular formula is C30H36N8O2. The highest BCUT2D eigenvalue weighted by Gasteiger charge is 2.30. The number of nitrogens with zero attached hydrogens (tertiary/aromatic N) is 5. The molecule has 1 aromatic carbocycles. The van der Waals surface area contributed by atoms with Gasteiger partial charge in [-0.15, -0.1) is 0 Å². The van der Waals surface area contributed by atoms with Crippen LogP contribution in [0, 0.1) is 5.92 Å². The number of likely N-dealkylation sites (N-methyl/N-ethyl adjacent to an activating group) is 1. The highest BCUT2D eigenvalue weighted by atomic mass is 16.2. The topological polar surface area (TPSA) is 125 Å². The number of carbonyl (C=O) groups excluding carboxylic acids is 2. The van der Waals surface area contributed by atoms with E-state index in [0.717, 1.165) is 40.1 Å². The lowest BCUT2D eigenvalue weighted by Gasteiger charge is -2.37. The van der Waals surface area contributed by atoms with Crippen LogP contribution in [0.1, 0.15) is 29.6 Å². The van der Waals surface area contributed by atoms with Crippen molar-refractivity contribution in [2.24, 2.45) is 11.7 Å². The first kappa shape index (κ1) is 26.2. The molecule has 2 amide bonds. The Bertz CT molecular complexity index is 1580. The molecule has 3 aromatic heterocycles. The first-order chi connectivity index (χ1) is 19.4. The predicted molar refractivity (Wildman–Crippen MR) is 156 cm³/mol. The third-order valence-corrected chi connectivity index (χ3v) is 7.78. The number of H-pyrrole nitrogens is 1. The largest absolute Gasteiger partial charge is 0.348 e. The van der Waals surface area contributed by atoms with Gasteiger partial charge in [-0.3, -0.25) is 9.59 Å². The van der Waals surface area contributed by atoms with E-state index in [1.54, 1.807) is 11.0 Å². The molecule has 0 unspecified atom stereocenters. The molecule has 2 atom stereocenters. The smallest absolute Gasteiger partial charge is 0.253 e. The fourth-order valence-corrected chi connectivity index (χ4v) is 5.42. The van der Waals surface area contributed by atoms with Gasteiger partial charge in [0.1, 0.15) is 5.65 Å². The number of likely N-dealkylation sites (tertiary alicyclic amines) is 1. The van der Waals surface area contributed by atoms with E-state index in [1.165, 1.54) is 12.8 Å². The number of carbonyl (C=O) groups is 2. The number of benzene rings is 1. The maximum atomic E-state index is 13.4. The lowest BCUT2D eigenvalue weighted by Crippen LogP contribution is -2.58. The second-order valence-corrected chi connectivity index (χ2v) is 11.3. The van der Waals surface area contributed by atoms with E-state index < -0.39 is 0 Å². The Balaban J connectivity index is 1.16. The van der Waals surface area contributed by atoms with Gasteiger partial charge < -0.3 is 30.4 Å². The summed E-state index contributed by atoms with van der Waals surface area (Å²) in [5.41, 5.74) is 10.6. The molecule has 1 aliphatic carbocycles. The predicted octanol–water partition coefficient (Wildman–Crippen LogP) is 2.77. The molecule has 0 bridgehead atoms. The van der Waals surface area contributed by atoms with Gasteiger partial charge in [0.05, 0.1) is 16.7 Å². The summed E-state index contributed by atoms with van der Waals surface area (Å²) in [7, 11) is 3.89. The van der Waals surface area contributed by atoms with E-state index in [9.17, 15) is 9.59 Å². The third kappa shape index (κ3) is 5.50. The standard InChI is InChI=1S/C30H36N8O2/c1-36(2)13-4-6-27(39)33-23-11-14-37(18-22(23)31)30(40)21-9-10-24-25(15-21)35-28(34-24)26-16-20-5-3-12-32-29(20)38(26)17-19-7-8-19/h3-6,9-10,12,15-16,19,22-23H,7-8,11,13-14,17-18,31H2,1-2H3,(H,33,39)(H,34,35)/b6-4+/t22-,23+/m0/s1. The summed E-state index contributed by atoms with van der Waals surface area (Å²) < 4.78 is 2.26. The Labute approximate surface area is 233 Å². The molecule has 4 N–H and O–H groups in total. The van der Waals surface area contributed by atoms with Crippen LogP contribution in [0.3, 0.4) is 0 Å². The van der Waals surface area contributed by atoms with Crippen molar-refractivity contribution in [3.8, 4) is 11.5 Å². The van der Waals surface area contributed by atoms with Crippen molar-refractivity contribution in [2.45, 2.75) is 37.9 Å². The van der Waals surface area contributed by atoms with Crippen molar-refractivity contribution < 1.29 is 9.59 Å². The zero-order valence-corrected chi connectivity index (χ0v) is 23.0. The summed E-state index contributed by atoms with van der Waals surface area (Å²) in [4.78, 5) is 42.4. The highest BCUT2D eigenvalue weighted by molar-refractivity contribution is 5.98. The SMILES string of the molecule is CN(C)C/C=C/C(=O)N[C@@H]1CCN(C(=O)c2ccc3nc(-c4cc5cccnc5n4CC4CC4)[nH]c3c2)C[C@@H]1N. The molecule has 1 saturated carbocycles. The van der Waals surface area contributed by atoms with Gasteiger partial charge in [-0.25, -0.2) is 9.97 Å². The van der Waals surface area contributed by atoms with E-state index in [-0.39, 0.29) is 23.9 Å². The molecule has 10 heteroatoms. The van der Waals surface area contributed by atoms with Crippen LogP contribution in [0.2, 0.25) is 0 Å². The number of imidazole rings is 1. The minimum atomic E-state index is -0.339. The molecule has 10 nitrogen and oxygen atoms in total. The molecule has 2 fully saturated rings. The summed E-state index contributed by atoms with van der Waals surface area (Å²) in [5, 5.41) is 4.08. The Morgan fingerprint density at radius 3 is 2.83 bits per heavy atom. The Hall–Kier alpha value is -4.02. The van der Waals surface area contributed by atoms with Crippen molar-refractivity contribution in [1.82, 2.24) is 34.6 Å². The average Bonchev–Trinajstić information content (AvgIpc) is 3.54. The fourth-order valence-electron chi connectivity index (χ4n) is 5.42. The van der Waals surface area contributed by atoms with Gasteiger partial charge in [-0.1, -0.05) is 6.08 Å². The lowest BCUT2D eigenvalue weighted by atomic mass is 9.99. The fraction of sp³-hybridized carbons (Fsp3) is 0.400. The van der Waals surface area contributed by atoms with Crippen molar-refractivity contribution in [3.05, 3.63) is 60.3 Å². The summed E-state index contributed by atoms with van der Waals surface area (Å²) in [5.74, 6) is 1.23. The van der Waals surface area contributed by atoms with Gasteiger partial charge in [0.15, 0.2) is 5.82 Å². The van der Waals surface area contributed by atoms with Gasteiger partial charge in [-0.2, -0.15) is 0 Å². The molecule has 0 spiro atoms. The minimum Gasteiger partial charge on any atom is -0.348 e. The molecule has 40 heavy (non-hydrogen) atoms. The summed E-state index contributed by atoms with van der Waals surface area (Å²) >= 11 is 0. The van der Waals surface area contributed by atoms with Gasteiger partial charge in [0.25, 0.3) is 5.91 Å². The zero-order valence-electron chi connectivity index (χ0n) is 23.0.